The van der Waals surface area contributed by atoms with Crippen molar-refractivity contribution in [2.75, 3.05) is 26.9 Å². The second-order valence-electron chi connectivity index (χ2n) is 18.8. The first-order chi connectivity index (χ1) is 38.5. The van der Waals surface area contributed by atoms with Gasteiger partial charge >= 0.3 is 24.0 Å². The molecular formula is C59H66N4O16. The zero-order valence-corrected chi connectivity index (χ0v) is 44.1. The summed E-state index contributed by atoms with van der Waals surface area (Å²) in [6.45, 7) is 1.47. The Bertz CT molecular complexity index is 2720. The lowest BCUT2D eigenvalue weighted by molar-refractivity contribution is -0.349. The topological polar surface area (TPSA) is 250 Å². The average Bonchev–Trinajstić information content (AvgIpc) is 3.54. The van der Waals surface area contributed by atoms with E-state index < -0.39 is 92.0 Å². The van der Waals surface area contributed by atoms with Crippen LogP contribution in [0.2, 0.25) is 0 Å². The molecular weight excluding hydrogens is 1020 g/mol. The van der Waals surface area contributed by atoms with Gasteiger partial charge in [0.2, 0.25) is 0 Å². The molecule has 0 aromatic heterocycles. The lowest BCUT2D eigenvalue weighted by atomic mass is 9.95. The Kier molecular flexibility index (Phi) is 23.3. The Morgan fingerprint density at radius 1 is 0.633 bits per heavy atom. The van der Waals surface area contributed by atoms with E-state index in [1.165, 1.54) is 19.1 Å². The van der Waals surface area contributed by atoms with Gasteiger partial charge in [-0.3, -0.25) is 4.79 Å². The second-order valence-corrected chi connectivity index (χ2v) is 18.8. The molecule has 2 aliphatic heterocycles. The van der Waals surface area contributed by atoms with Gasteiger partial charge in [0.25, 0.3) is 0 Å². The average molecular weight is 1090 g/mol. The van der Waals surface area contributed by atoms with Crippen LogP contribution in [0.25, 0.3) is 10.4 Å². The van der Waals surface area contributed by atoms with Crippen LogP contribution in [0.1, 0.15) is 71.6 Å². The second kappa shape index (κ2) is 31.2. The van der Waals surface area contributed by atoms with Gasteiger partial charge in [-0.25, -0.2) is 14.4 Å². The quantitative estimate of drug-likeness (QED) is 0.0123. The number of methoxy groups -OCH3 is 1. The normalized spacial score (nSPS) is 22.6. The molecule has 0 spiro atoms. The van der Waals surface area contributed by atoms with Gasteiger partial charge in [0.15, 0.2) is 24.8 Å². The molecule has 2 fully saturated rings. The number of unbranched alkanes of at least 4 members (excludes halogenated alkanes) is 2. The molecule has 0 aliphatic carbocycles. The molecule has 5 aromatic carbocycles. The number of hydrogen-bond donors (Lipinski definition) is 1. The fourth-order valence-electron chi connectivity index (χ4n) is 8.87. The van der Waals surface area contributed by atoms with Crippen LogP contribution in [-0.2, 0) is 88.1 Å². The number of azide groups is 1. The first kappa shape index (κ1) is 59.1. The molecule has 0 bridgehead atoms. The van der Waals surface area contributed by atoms with Gasteiger partial charge in [-0.05, 0) is 66.1 Å². The number of Topliss-reactive ketones (excluding diaryl/α,β-unsaturated/α-hetero) is 1. The van der Waals surface area contributed by atoms with E-state index in [1.807, 2.05) is 84.9 Å². The molecule has 79 heavy (non-hydrogen) atoms. The molecule has 5 aromatic rings. The smallest absolute Gasteiger partial charge is 0.410 e. The van der Waals surface area contributed by atoms with Crippen molar-refractivity contribution in [1.29, 1.82) is 0 Å². The van der Waals surface area contributed by atoms with Crippen molar-refractivity contribution in [3.05, 3.63) is 190 Å². The molecule has 1 amide bonds. The molecule has 20 nitrogen and oxygen atoms in total. The first-order valence-corrected chi connectivity index (χ1v) is 26.1. The summed E-state index contributed by atoms with van der Waals surface area (Å²) in [7, 11) is 1.10. The highest BCUT2D eigenvalue weighted by atomic mass is 16.8. The summed E-state index contributed by atoms with van der Waals surface area (Å²) in [5.41, 5.74) is 13.5. The Morgan fingerprint density at radius 3 is 1.78 bits per heavy atom. The number of amides is 1. The van der Waals surface area contributed by atoms with E-state index in [4.69, 9.17) is 47.4 Å². The van der Waals surface area contributed by atoms with Crippen LogP contribution in [0.15, 0.2) is 157 Å². The standard InChI is InChI=1S/C59H66N4O16/c1-40(64)31-32-47(65)72-39-46-50(78-58-54(77-55(67)45-29-17-7-18-30-45)52(49(66)53(79-58)56(68)70-2)74-37-43-25-13-5-14-26-43)51(73-36-42-23-11-4-12-24-42)48(61-62-60)57(76-46)71-34-20-8-19-33-63(35-41-21-9-3-10-22-41)59(69)75-38-44-27-15-6-16-28-44/h3-7,9-18,21-30,46,48-54,57-58,66H,8,19-20,31-39H2,1-2H3/t46-,48-,49+,50-,51-,52+,53-,54-,57+,58-/m1/s1. The zero-order chi connectivity index (χ0) is 55.8. The van der Waals surface area contributed by atoms with Crippen LogP contribution in [0.5, 0.6) is 0 Å². The first-order valence-electron chi connectivity index (χ1n) is 26.1. The van der Waals surface area contributed by atoms with Gasteiger partial charge in [-0.15, -0.1) is 0 Å². The van der Waals surface area contributed by atoms with Crippen LogP contribution >= 0.6 is 0 Å². The SMILES string of the molecule is COC(=O)[C@@H]1O[C@@H](O[C@H]2[C@H](OCc3ccccc3)[C@@H](N=[N+]=[N-])[C@@H](OCCCCCN(Cc3ccccc3)C(=O)OCc3ccccc3)O[C@@H]2COC(=O)CCC(C)=O)[C@H](OC(=O)c2ccccc2)[C@@H](OCc2ccccc2)[C@@H]1O. The number of aliphatic hydroxyl groups is 1. The summed E-state index contributed by atoms with van der Waals surface area (Å²) in [6.07, 6.45) is -13.2. The number of carbonyl (C=O) groups excluding carboxylic acids is 5. The number of carbonyl (C=O) groups is 5. The van der Waals surface area contributed by atoms with Crippen LogP contribution in [0.3, 0.4) is 0 Å². The van der Waals surface area contributed by atoms with Gasteiger partial charge in [0, 0.05) is 31.0 Å². The summed E-state index contributed by atoms with van der Waals surface area (Å²) in [5.74, 6) is -2.86. The molecule has 7 rings (SSSR count). The van der Waals surface area contributed by atoms with Crippen molar-refractivity contribution >= 4 is 29.8 Å². The predicted octanol–water partition coefficient (Wildman–Crippen LogP) is 8.37. The third-order valence-electron chi connectivity index (χ3n) is 13.0. The third-order valence-corrected chi connectivity index (χ3v) is 13.0. The van der Waals surface area contributed by atoms with E-state index >= 15 is 0 Å². The number of benzene rings is 5. The largest absolute Gasteiger partial charge is 0.467 e. The number of aliphatic hydroxyl groups excluding tert-OH is 1. The molecule has 1 N–H and O–H groups in total. The summed E-state index contributed by atoms with van der Waals surface area (Å²) in [4.78, 5) is 70.8. The molecule has 10 atom stereocenters. The minimum absolute atomic E-state index is 0.0592. The van der Waals surface area contributed by atoms with Gasteiger partial charge in [-0.1, -0.05) is 145 Å². The maximum absolute atomic E-state index is 14.0. The fraction of sp³-hybridized carbons (Fsp3) is 0.407. The van der Waals surface area contributed by atoms with Crippen molar-refractivity contribution in [2.45, 2.75) is 127 Å². The summed E-state index contributed by atoms with van der Waals surface area (Å²) in [5, 5.41) is 16.0. The highest BCUT2D eigenvalue weighted by Gasteiger charge is 2.56. The van der Waals surface area contributed by atoms with Gasteiger partial charge in [0.1, 0.15) is 55.6 Å². The highest BCUT2D eigenvalue weighted by Crippen LogP contribution is 2.36. The summed E-state index contributed by atoms with van der Waals surface area (Å²) < 4.78 is 61.6. The van der Waals surface area contributed by atoms with Gasteiger partial charge in [-0.2, -0.15) is 0 Å². The molecule has 2 aliphatic rings. The number of nitrogens with zero attached hydrogens (tertiary/aromatic N) is 4. The number of ketones is 1. The zero-order valence-electron chi connectivity index (χ0n) is 44.1. The van der Waals surface area contributed by atoms with Crippen molar-refractivity contribution < 1.29 is 76.4 Å². The predicted molar refractivity (Wildman–Crippen MR) is 283 cm³/mol. The Labute approximate surface area is 458 Å². The van der Waals surface area contributed by atoms with Crippen molar-refractivity contribution in [1.82, 2.24) is 4.90 Å². The number of ether oxygens (including phenoxy) is 10. The maximum atomic E-state index is 14.0. The molecule has 20 heteroatoms. The monoisotopic (exact) mass is 1090 g/mol. The number of rotatable bonds is 28. The van der Waals surface area contributed by atoms with E-state index in [9.17, 15) is 34.6 Å². The van der Waals surface area contributed by atoms with Gasteiger partial charge < -0.3 is 62.2 Å². The highest BCUT2D eigenvalue weighted by molar-refractivity contribution is 5.89. The van der Waals surface area contributed by atoms with Gasteiger partial charge in [0.05, 0.1) is 32.3 Å². The minimum Gasteiger partial charge on any atom is -0.467 e. The number of hydrogen-bond acceptors (Lipinski definition) is 17. The molecule has 0 unspecified atom stereocenters. The van der Waals surface area contributed by atoms with Crippen LogP contribution < -0.4 is 0 Å². The van der Waals surface area contributed by atoms with Crippen molar-refractivity contribution in [3.8, 4) is 0 Å². The van der Waals surface area contributed by atoms with E-state index in [2.05, 4.69) is 10.0 Å². The Balaban J connectivity index is 1.16. The number of esters is 3. The summed E-state index contributed by atoms with van der Waals surface area (Å²) >= 11 is 0. The van der Waals surface area contributed by atoms with Crippen LogP contribution in [0, 0.1) is 0 Å². The molecule has 0 radical (unpaired) electrons. The van der Waals surface area contributed by atoms with E-state index in [-0.39, 0.29) is 50.6 Å². The molecule has 2 heterocycles. The Hall–Kier alpha value is -7.52. The van der Waals surface area contributed by atoms with E-state index in [0.29, 0.717) is 43.5 Å². The van der Waals surface area contributed by atoms with E-state index in [0.717, 1.165) is 18.2 Å². The molecule has 418 valence electrons. The minimum atomic E-state index is -1.80. The van der Waals surface area contributed by atoms with E-state index in [1.54, 1.807) is 59.5 Å². The summed E-state index contributed by atoms with van der Waals surface area (Å²) in [6, 6.07) is 43.7. The van der Waals surface area contributed by atoms with Crippen LogP contribution in [0.4, 0.5) is 4.79 Å². The lowest BCUT2D eigenvalue weighted by Gasteiger charge is -2.48. The molecule has 0 saturated carbocycles. The maximum Gasteiger partial charge on any atom is 0.410 e. The van der Waals surface area contributed by atoms with Crippen LogP contribution in [-0.4, -0.2) is 128 Å². The third kappa shape index (κ3) is 18.0. The van der Waals surface area contributed by atoms with Crippen molar-refractivity contribution in [3.63, 3.8) is 0 Å². The lowest BCUT2D eigenvalue weighted by Crippen LogP contribution is -2.66. The fourth-order valence-corrected chi connectivity index (χ4v) is 8.87. The molecule has 2 saturated heterocycles. The Morgan fingerprint density at radius 2 is 1.20 bits per heavy atom. The van der Waals surface area contributed by atoms with Crippen molar-refractivity contribution in [2.24, 2.45) is 5.11 Å².